The Labute approximate surface area is 254 Å². The molecule has 2 heterocycles. The number of rotatable bonds is 10. The van der Waals surface area contributed by atoms with Gasteiger partial charge in [0.25, 0.3) is 10.0 Å². The molecule has 0 bridgehead atoms. The number of hydrogen-bond donors (Lipinski definition) is 2. The van der Waals surface area contributed by atoms with Gasteiger partial charge in [-0.3, -0.25) is 4.79 Å². The third-order valence-corrected chi connectivity index (χ3v) is 9.09. The SMILES string of the molecule is CCC(Sc1nc(-c2ccccc2)cc(-c2ccccc2)c1C#N)C(=O)Nc1ccc(S(=O)(=O)Nc2ncccn2)cc1. The molecule has 11 heteroatoms. The maximum absolute atomic E-state index is 13.4. The van der Waals surface area contributed by atoms with Crippen LogP contribution in [-0.4, -0.2) is 34.5 Å². The third kappa shape index (κ3) is 7.06. The van der Waals surface area contributed by atoms with Gasteiger partial charge >= 0.3 is 0 Å². The molecule has 0 aliphatic rings. The van der Waals surface area contributed by atoms with Crippen molar-refractivity contribution >= 4 is 39.3 Å². The summed E-state index contributed by atoms with van der Waals surface area (Å²) >= 11 is 1.23. The number of anilines is 2. The molecule has 1 unspecified atom stereocenters. The molecule has 1 amide bonds. The molecule has 0 aliphatic carbocycles. The molecule has 43 heavy (non-hydrogen) atoms. The molecule has 5 aromatic rings. The molecule has 0 aliphatic heterocycles. The lowest BCUT2D eigenvalue weighted by Crippen LogP contribution is -2.25. The van der Waals surface area contributed by atoms with Crippen molar-refractivity contribution in [3.63, 3.8) is 0 Å². The molecule has 0 spiro atoms. The Bertz CT molecular complexity index is 1860. The Morgan fingerprint density at radius 1 is 0.907 bits per heavy atom. The number of carbonyl (C=O) groups excluding carboxylic acids is 1. The summed E-state index contributed by atoms with van der Waals surface area (Å²) in [6.07, 6.45) is 3.33. The quantitative estimate of drug-likeness (QED) is 0.175. The van der Waals surface area contributed by atoms with Crippen molar-refractivity contribution < 1.29 is 13.2 Å². The summed E-state index contributed by atoms with van der Waals surface area (Å²) in [6.45, 7) is 1.88. The maximum atomic E-state index is 13.4. The van der Waals surface area contributed by atoms with Crippen LogP contribution in [0.15, 0.2) is 119 Å². The van der Waals surface area contributed by atoms with Crippen LogP contribution in [-0.2, 0) is 14.8 Å². The average Bonchev–Trinajstić information content (AvgIpc) is 3.04. The van der Waals surface area contributed by atoms with E-state index in [0.29, 0.717) is 28.4 Å². The van der Waals surface area contributed by atoms with Crippen molar-refractivity contribution in [2.45, 2.75) is 28.5 Å². The predicted molar refractivity (Wildman–Crippen MR) is 168 cm³/mol. The number of nitrogens with zero attached hydrogens (tertiary/aromatic N) is 4. The number of nitrogens with one attached hydrogen (secondary N) is 2. The van der Waals surface area contributed by atoms with Crippen LogP contribution < -0.4 is 10.0 Å². The fraction of sp³-hybridized carbons (Fsp3) is 0.0938. The number of pyridine rings is 1. The molecular formula is C32H26N6O3S2. The number of benzene rings is 3. The van der Waals surface area contributed by atoms with Gasteiger partial charge in [-0.1, -0.05) is 79.3 Å². The van der Waals surface area contributed by atoms with Gasteiger partial charge in [0.1, 0.15) is 11.1 Å². The topological polar surface area (TPSA) is 138 Å². The van der Waals surface area contributed by atoms with Crippen LogP contribution in [0, 0.1) is 11.3 Å². The Balaban J connectivity index is 1.39. The Morgan fingerprint density at radius 3 is 2.14 bits per heavy atom. The number of amides is 1. The molecular weight excluding hydrogens is 581 g/mol. The van der Waals surface area contributed by atoms with E-state index in [1.807, 2.05) is 73.7 Å². The zero-order valence-corrected chi connectivity index (χ0v) is 24.6. The van der Waals surface area contributed by atoms with Crippen LogP contribution in [0.25, 0.3) is 22.4 Å². The highest BCUT2D eigenvalue weighted by Gasteiger charge is 2.24. The van der Waals surface area contributed by atoms with Crippen LogP contribution in [0.5, 0.6) is 0 Å². The van der Waals surface area contributed by atoms with Gasteiger partial charge in [0.15, 0.2) is 0 Å². The number of hydrogen-bond acceptors (Lipinski definition) is 8. The molecule has 0 fully saturated rings. The highest BCUT2D eigenvalue weighted by atomic mass is 32.2. The van der Waals surface area contributed by atoms with Gasteiger partial charge in [-0.05, 0) is 48.4 Å². The predicted octanol–water partition coefficient (Wildman–Crippen LogP) is 6.39. The van der Waals surface area contributed by atoms with Crippen LogP contribution >= 0.6 is 11.8 Å². The second-order valence-corrected chi connectivity index (χ2v) is 12.2. The van der Waals surface area contributed by atoms with Gasteiger partial charge < -0.3 is 5.32 Å². The third-order valence-electron chi connectivity index (χ3n) is 6.39. The molecule has 2 N–H and O–H groups in total. The summed E-state index contributed by atoms with van der Waals surface area (Å²) in [7, 11) is -3.91. The smallest absolute Gasteiger partial charge is 0.264 e. The largest absolute Gasteiger partial charge is 0.325 e. The summed E-state index contributed by atoms with van der Waals surface area (Å²) in [5.41, 5.74) is 4.03. The lowest BCUT2D eigenvalue weighted by atomic mass is 9.99. The molecule has 214 valence electrons. The molecule has 9 nitrogen and oxygen atoms in total. The second-order valence-electron chi connectivity index (χ2n) is 9.29. The first-order chi connectivity index (χ1) is 20.9. The number of nitriles is 1. The fourth-order valence-electron chi connectivity index (χ4n) is 4.25. The summed E-state index contributed by atoms with van der Waals surface area (Å²) in [6, 6.07) is 30.9. The molecule has 0 saturated carbocycles. The van der Waals surface area contributed by atoms with E-state index in [9.17, 15) is 18.5 Å². The van der Waals surface area contributed by atoms with Gasteiger partial charge in [0.2, 0.25) is 11.9 Å². The van der Waals surface area contributed by atoms with Crippen molar-refractivity contribution in [1.29, 1.82) is 5.26 Å². The standard InChI is InChI=1S/C32H26N6O3S2/c1-2-29(30(39)36-24-14-16-25(17-15-24)43(40,41)38-32-34-18-9-19-35-32)42-31-27(21-33)26(22-10-5-3-6-11-22)20-28(37-31)23-12-7-4-8-13-23/h3-20,29H,2H2,1H3,(H,36,39)(H,34,35,38). The van der Waals surface area contributed by atoms with Crippen molar-refractivity contribution in [1.82, 2.24) is 15.0 Å². The minimum absolute atomic E-state index is 0.00611. The number of sulfonamides is 1. The molecule has 1 atom stereocenters. The lowest BCUT2D eigenvalue weighted by molar-refractivity contribution is -0.115. The molecule has 0 radical (unpaired) electrons. The Kier molecular flexibility index (Phi) is 9.10. The first kappa shape index (κ1) is 29.4. The second kappa shape index (κ2) is 13.3. The van der Waals surface area contributed by atoms with Crippen molar-refractivity contribution in [3.8, 4) is 28.5 Å². The summed E-state index contributed by atoms with van der Waals surface area (Å²) in [5, 5.41) is 12.9. The van der Waals surface area contributed by atoms with Gasteiger partial charge in [0, 0.05) is 29.2 Å². The van der Waals surface area contributed by atoms with E-state index < -0.39 is 15.3 Å². The van der Waals surface area contributed by atoms with E-state index in [4.69, 9.17) is 4.98 Å². The van der Waals surface area contributed by atoms with Crippen molar-refractivity contribution in [3.05, 3.63) is 115 Å². The normalized spacial score (nSPS) is 11.7. The minimum Gasteiger partial charge on any atom is -0.325 e. The van der Waals surface area contributed by atoms with Crippen LogP contribution in [0.1, 0.15) is 18.9 Å². The first-order valence-corrected chi connectivity index (χ1v) is 15.7. The van der Waals surface area contributed by atoms with Gasteiger partial charge in [-0.25, -0.2) is 28.1 Å². The first-order valence-electron chi connectivity index (χ1n) is 13.3. The minimum atomic E-state index is -3.91. The molecule has 3 aromatic carbocycles. The van der Waals surface area contributed by atoms with Gasteiger partial charge in [0.05, 0.1) is 21.4 Å². The lowest BCUT2D eigenvalue weighted by Gasteiger charge is -2.17. The molecule has 2 aromatic heterocycles. The van der Waals surface area contributed by atoms with Crippen LogP contribution in [0.3, 0.4) is 0 Å². The summed E-state index contributed by atoms with van der Waals surface area (Å²) in [4.78, 5) is 26.0. The van der Waals surface area contributed by atoms with Crippen molar-refractivity contribution in [2.75, 3.05) is 10.0 Å². The monoisotopic (exact) mass is 606 g/mol. The Hall–Kier alpha value is -5.05. The Morgan fingerprint density at radius 2 is 1.53 bits per heavy atom. The van der Waals surface area contributed by atoms with Gasteiger partial charge in [-0.15, -0.1) is 0 Å². The summed E-state index contributed by atoms with van der Waals surface area (Å²) < 4.78 is 27.7. The van der Waals surface area contributed by atoms with E-state index in [0.717, 1.165) is 16.7 Å². The van der Waals surface area contributed by atoms with Crippen LogP contribution in [0.4, 0.5) is 11.6 Å². The van der Waals surface area contributed by atoms with Crippen molar-refractivity contribution in [2.24, 2.45) is 0 Å². The fourth-order valence-corrected chi connectivity index (χ4v) is 6.23. The van der Waals surface area contributed by atoms with E-state index in [-0.39, 0.29) is 16.8 Å². The maximum Gasteiger partial charge on any atom is 0.264 e. The summed E-state index contributed by atoms with van der Waals surface area (Å²) in [5.74, 6) is -0.337. The number of carbonyl (C=O) groups is 1. The van der Waals surface area contributed by atoms with E-state index in [2.05, 4.69) is 26.1 Å². The van der Waals surface area contributed by atoms with E-state index in [1.54, 1.807) is 6.07 Å². The zero-order valence-electron chi connectivity index (χ0n) is 23.0. The number of aromatic nitrogens is 3. The zero-order chi connectivity index (χ0) is 30.2. The molecule has 5 rings (SSSR count). The number of thioether (sulfide) groups is 1. The average molecular weight is 607 g/mol. The van der Waals surface area contributed by atoms with E-state index in [1.165, 1.54) is 48.4 Å². The highest BCUT2D eigenvalue weighted by molar-refractivity contribution is 8.00. The van der Waals surface area contributed by atoms with Crippen LogP contribution in [0.2, 0.25) is 0 Å². The van der Waals surface area contributed by atoms with E-state index >= 15 is 0 Å². The highest BCUT2D eigenvalue weighted by Crippen LogP contribution is 2.36. The molecule has 0 saturated heterocycles. The van der Waals surface area contributed by atoms with Gasteiger partial charge in [-0.2, -0.15) is 5.26 Å².